The fraction of sp³-hybridized carbons (Fsp3) is 0.300. The Hall–Kier alpha value is -2.57. The molecule has 0 unspecified atom stereocenters. The average molecular weight is 385 g/mol. The highest BCUT2D eigenvalue weighted by Crippen LogP contribution is 2.32. The molecule has 1 aliphatic rings. The molecule has 1 aliphatic heterocycles. The number of rotatable bonds is 4. The standard InChI is InChI=1S/C20H21ClN4O2/c1-27-17-4-2-3-15(19(17)21)24-20(26)16-11-23-18-6-5-14(12-25(16)18)13-7-9-22-10-8-13/h2-6,11-13,22H,7-10H2,1H3,(H,24,26). The van der Waals surface area contributed by atoms with Crippen LogP contribution in [0.25, 0.3) is 5.65 Å². The van der Waals surface area contributed by atoms with Crippen molar-refractivity contribution in [2.75, 3.05) is 25.5 Å². The van der Waals surface area contributed by atoms with E-state index >= 15 is 0 Å². The molecule has 4 rings (SSSR count). The molecule has 0 radical (unpaired) electrons. The molecule has 7 heteroatoms. The van der Waals surface area contributed by atoms with Crippen LogP contribution in [0.2, 0.25) is 5.02 Å². The Morgan fingerprint density at radius 3 is 2.89 bits per heavy atom. The molecular formula is C20H21ClN4O2. The van der Waals surface area contributed by atoms with E-state index in [-0.39, 0.29) is 5.91 Å². The summed E-state index contributed by atoms with van der Waals surface area (Å²) >= 11 is 6.29. The molecular weight excluding hydrogens is 364 g/mol. The van der Waals surface area contributed by atoms with Crippen molar-refractivity contribution < 1.29 is 9.53 Å². The van der Waals surface area contributed by atoms with Crippen LogP contribution in [0.3, 0.4) is 0 Å². The summed E-state index contributed by atoms with van der Waals surface area (Å²) in [6.07, 6.45) is 5.81. The third-order valence-electron chi connectivity index (χ3n) is 5.00. The molecule has 3 heterocycles. The minimum absolute atomic E-state index is 0.264. The minimum atomic E-state index is -0.264. The second kappa shape index (κ2) is 7.58. The Labute approximate surface area is 162 Å². The van der Waals surface area contributed by atoms with Crippen LogP contribution in [-0.2, 0) is 0 Å². The lowest BCUT2D eigenvalue weighted by Crippen LogP contribution is -2.26. The molecule has 27 heavy (non-hydrogen) atoms. The molecule has 2 aromatic heterocycles. The van der Waals surface area contributed by atoms with Gasteiger partial charge in [0, 0.05) is 6.20 Å². The van der Waals surface area contributed by atoms with Crippen molar-refractivity contribution in [3.8, 4) is 5.75 Å². The minimum Gasteiger partial charge on any atom is -0.495 e. The number of imidazole rings is 1. The number of carbonyl (C=O) groups excluding carboxylic acids is 1. The lowest BCUT2D eigenvalue weighted by Gasteiger charge is -2.23. The number of fused-ring (bicyclic) bond motifs is 1. The Morgan fingerprint density at radius 2 is 2.11 bits per heavy atom. The number of nitrogens with zero attached hydrogens (tertiary/aromatic N) is 2. The van der Waals surface area contributed by atoms with E-state index in [0.29, 0.717) is 28.1 Å². The maximum absolute atomic E-state index is 12.8. The van der Waals surface area contributed by atoms with Crippen LogP contribution in [0, 0.1) is 0 Å². The van der Waals surface area contributed by atoms with Crippen LogP contribution in [0.1, 0.15) is 34.8 Å². The number of pyridine rings is 1. The van der Waals surface area contributed by atoms with E-state index in [1.54, 1.807) is 31.5 Å². The predicted molar refractivity (Wildman–Crippen MR) is 106 cm³/mol. The number of piperidine rings is 1. The normalized spacial score (nSPS) is 15.0. The molecule has 0 aliphatic carbocycles. The molecule has 1 saturated heterocycles. The van der Waals surface area contributed by atoms with Gasteiger partial charge in [0.2, 0.25) is 0 Å². The first-order chi connectivity index (χ1) is 13.2. The molecule has 2 N–H and O–H groups in total. The van der Waals surface area contributed by atoms with E-state index in [1.165, 1.54) is 5.56 Å². The van der Waals surface area contributed by atoms with Crippen molar-refractivity contribution in [3.63, 3.8) is 0 Å². The van der Waals surface area contributed by atoms with E-state index in [4.69, 9.17) is 16.3 Å². The number of methoxy groups -OCH3 is 1. The summed E-state index contributed by atoms with van der Waals surface area (Å²) in [6.45, 7) is 2.04. The number of halogens is 1. The van der Waals surface area contributed by atoms with Crippen LogP contribution in [0.15, 0.2) is 42.7 Å². The van der Waals surface area contributed by atoms with Gasteiger partial charge in [0.05, 0.1) is 19.0 Å². The average Bonchev–Trinajstić information content (AvgIpc) is 3.13. The molecule has 6 nitrogen and oxygen atoms in total. The summed E-state index contributed by atoms with van der Waals surface area (Å²) in [7, 11) is 1.54. The summed E-state index contributed by atoms with van der Waals surface area (Å²) in [5.74, 6) is 0.753. The first kappa shape index (κ1) is 17.8. The van der Waals surface area contributed by atoms with E-state index in [1.807, 2.05) is 16.7 Å². The smallest absolute Gasteiger partial charge is 0.274 e. The van der Waals surface area contributed by atoms with Crippen LogP contribution >= 0.6 is 11.6 Å². The lowest BCUT2D eigenvalue weighted by molar-refractivity contribution is 0.102. The monoisotopic (exact) mass is 384 g/mol. The van der Waals surface area contributed by atoms with Gasteiger partial charge in [-0.1, -0.05) is 23.7 Å². The molecule has 1 fully saturated rings. The van der Waals surface area contributed by atoms with E-state index in [2.05, 4.69) is 21.7 Å². The summed E-state index contributed by atoms with van der Waals surface area (Å²) in [6, 6.07) is 9.35. The maximum atomic E-state index is 12.8. The second-order valence-electron chi connectivity index (χ2n) is 6.63. The van der Waals surface area contributed by atoms with Gasteiger partial charge in [-0.2, -0.15) is 0 Å². The molecule has 1 amide bonds. The number of benzene rings is 1. The molecule has 0 spiro atoms. The van der Waals surface area contributed by atoms with Gasteiger partial charge in [0.25, 0.3) is 5.91 Å². The maximum Gasteiger partial charge on any atom is 0.274 e. The molecule has 1 aromatic carbocycles. The zero-order valence-electron chi connectivity index (χ0n) is 15.0. The number of hydrogen-bond donors (Lipinski definition) is 2. The number of aromatic nitrogens is 2. The molecule has 0 saturated carbocycles. The quantitative estimate of drug-likeness (QED) is 0.719. The van der Waals surface area contributed by atoms with Crippen LogP contribution in [0.4, 0.5) is 5.69 Å². The Balaban J connectivity index is 1.64. The number of anilines is 1. The number of nitrogens with one attached hydrogen (secondary N) is 2. The van der Waals surface area contributed by atoms with E-state index in [0.717, 1.165) is 31.6 Å². The molecule has 3 aromatic rings. The van der Waals surface area contributed by atoms with Crippen molar-refractivity contribution in [2.24, 2.45) is 0 Å². The molecule has 0 bridgehead atoms. The first-order valence-electron chi connectivity index (χ1n) is 8.99. The van der Waals surface area contributed by atoms with Crippen molar-refractivity contribution in [1.29, 1.82) is 0 Å². The zero-order chi connectivity index (χ0) is 18.8. The second-order valence-corrected chi connectivity index (χ2v) is 7.01. The number of hydrogen-bond acceptors (Lipinski definition) is 4. The van der Waals surface area contributed by atoms with Gasteiger partial charge in [-0.15, -0.1) is 0 Å². The molecule has 0 atom stereocenters. The summed E-state index contributed by atoms with van der Waals surface area (Å²) in [5, 5.41) is 6.61. The summed E-state index contributed by atoms with van der Waals surface area (Å²) < 4.78 is 7.05. The summed E-state index contributed by atoms with van der Waals surface area (Å²) in [4.78, 5) is 17.2. The Bertz CT molecular complexity index is 979. The lowest BCUT2D eigenvalue weighted by atomic mass is 9.91. The highest BCUT2D eigenvalue weighted by atomic mass is 35.5. The molecule has 140 valence electrons. The van der Waals surface area contributed by atoms with Gasteiger partial charge in [-0.05, 0) is 55.6 Å². The number of carbonyl (C=O) groups is 1. The van der Waals surface area contributed by atoms with Gasteiger partial charge in [-0.3, -0.25) is 9.20 Å². The van der Waals surface area contributed by atoms with Gasteiger partial charge in [0.15, 0.2) is 0 Å². The van der Waals surface area contributed by atoms with Crippen molar-refractivity contribution >= 4 is 28.8 Å². The van der Waals surface area contributed by atoms with Gasteiger partial charge in [0.1, 0.15) is 22.1 Å². The van der Waals surface area contributed by atoms with Gasteiger partial charge in [-0.25, -0.2) is 4.98 Å². The first-order valence-corrected chi connectivity index (χ1v) is 9.36. The zero-order valence-corrected chi connectivity index (χ0v) is 15.8. The Kier molecular flexibility index (Phi) is 5.01. The number of amides is 1. The topological polar surface area (TPSA) is 67.7 Å². The fourth-order valence-corrected chi connectivity index (χ4v) is 3.76. The van der Waals surface area contributed by atoms with E-state index < -0.39 is 0 Å². The highest BCUT2D eigenvalue weighted by molar-refractivity contribution is 6.35. The SMILES string of the molecule is COc1cccc(NC(=O)c2cnc3ccc(C4CCNCC4)cn23)c1Cl. The van der Waals surface area contributed by atoms with Gasteiger partial charge >= 0.3 is 0 Å². The van der Waals surface area contributed by atoms with E-state index in [9.17, 15) is 4.79 Å². The number of ether oxygens (including phenoxy) is 1. The van der Waals surface area contributed by atoms with Crippen LogP contribution < -0.4 is 15.4 Å². The summed E-state index contributed by atoms with van der Waals surface area (Å²) in [5.41, 5.74) is 2.95. The third kappa shape index (κ3) is 3.50. The van der Waals surface area contributed by atoms with Crippen molar-refractivity contribution in [2.45, 2.75) is 18.8 Å². The fourth-order valence-electron chi connectivity index (χ4n) is 3.51. The Morgan fingerprint density at radius 1 is 1.30 bits per heavy atom. The van der Waals surface area contributed by atoms with Crippen molar-refractivity contribution in [3.05, 3.63) is 59.0 Å². The van der Waals surface area contributed by atoms with Crippen LogP contribution in [-0.4, -0.2) is 35.5 Å². The van der Waals surface area contributed by atoms with Gasteiger partial charge < -0.3 is 15.4 Å². The third-order valence-corrected chi connectivity index (χ3v) is 5.39. The largest absolute Gasteiger partial charge is 0.495 e. The predicted octanol–water partition coefficient (Wildman–Crippen LogP) is 3.72. The van der Waals surface area contributed by atoms with Crippen molar-refractivity contribution in [1.82, 2.24) is 14.7 Å². The van der Waals surface area contributed by atoms with Crippen LogP contribution in [0.5, 0.6) is 5.75 Å². The highest BCUT2D eigenvalue weighted by Gasteiger charge is 2.19.